The van der Waals surface area contributed by atoms with Crippen molar-refractivity contribution in [2.45, 2.75) is 56.6 Å². The van der Waals surface area contributed by atoms with Crippen LogP contribution in [0, 0.1) is 5.82 Å². The van der Waals surface area contributed by atoms with Crippen molar-refractivity contribution in [3.8, 4) is 0 Å². The molecule has 1 saturated heterocycles. The summed E-state index contributed by atoms with van der Waals surface area (Å²) in [5.41, 5.74) is 5.60. The Hall–Kier alpha value is -0.980. The summed E-state index contributed by atoms with van der Waals surface area (Å²) in [5.74, 6) is -0.562. The number of benzene rings is 1. The van der Waals surface area contributed by atoms with Gasteiger partial charge in [-0.1, -0.05) is 13.0 Å². The Kier molecular flexibility index (Phi) is 4.46. The molecule has 2 rings (SSSR count). The van der Waals surface area contributed by atoms with Gasteiger partial charge in [-0.05, 0) is 38.3 Å². The van der Waals surface area contributed by atoms with E-state index < -0.39 is 15.8 Å². The molecule has 1 aliphatic rings. The molecule has 2 unspecified atom stereocenters. The van der Waals surface area contributed by atoms with Crippen LogP contribution in [0.2, 0.25) is 0 Å². The minimum absolute atomic E-state index is 0.00667. The lowest BCUT2D eigenvalue weighted by atomic mass is 10.2. The normalized spacial score (nSPS) is 24.2. The molecule has 0 spiro atoms. The molecule has 0 radical (unpaired) electrons. The van der Waals surface area contributed by atoms with E-state index in [9.17, 15) is 12.8 Å². The molecular weight excluding hydrogens is 279 g/mol. The van der Waals surface area contributed by atoms with Gasteiger partial charge in [0.25, 0.3) is 0 Å². The molecule has 20 heavy (non-hydrogen) atoms. The van der Waals surface area contributed by atoms with Gasteiger partial charge in [-0.3, -0.25) is 0 Å². The van der Waals surface area contributed by atoms with E-state index >= 15 is 0 Å². The smallest absolute Gasteiger partial charge is 0.243 e. The standard InChI is InChI=1S/C14H21FN2O2S/c1-3-11-8-7-10(2)17(11)20(18,19)14-6-4-5-13(15)12(14)9-16/h4-6,10-11H,3,7-9,16H2,1-2H3. The third-order valence-corrected chi connectivity index (χ3v) is 6.17. The fourth-order valence-corrected chi connectivity index (χ4v) is 5.15. The Bertz CT molecular complexity index is 589. The number of sulfonamides is 1. The summed E-state index contributed by atoms with van der Waals surface area (Å²) in [4.78, 5) is 0.00667. The minimum atomic E-state index is -3.70. The molecule has 2 atom stereocenters. The summed E-state index contributed by atoms with van der Waals surface area (Å²) >= 11 is 0. The molecule has 0 amide bonds. The van der Waals surface area contributed by atoms with E-state index in [1.54, 1.807) is 0 Å². The molecule has 112 valence electrons. The molecule has 0 aromatic heterocycles. The number of halogens is 1. The first kappa shape index (κ1) is 15.4. The average Bonchev–Trinajstić information content (AvgIpc) is 2.80. The van der Waals surface area contributed by atoms with E-state index in [4.69, 9.17) is 5.73 Å². The van der Waals surface area contributed by atoms with E-state index in [-0.39, 0.29) is 29.1 Å². The van der Waals surface area contributed by atoms with Gasteiger partial charge >= 0.3 is 0 Å². The van der Waals surface area contributed by atoms with Crippen LogP contribution >= 0.6 is 0 Å². The van der Waals surface area contributed by atoms with Crippen molar-refractivity contribution in [2.24, 2.45) is 5.73 Å². The van der Waals surface area contributed by atoms with Gasteiger partial charge in [0, 0.05) is 24.2 Å². The third kappa shape index (κ3) is 2.47. The van der Waals surface area contributed by atoms with Gasteiger partial charge in [-0.25, -0.2) is 12.8 Å². The lowest BCUT2D eigenvalue weighted by molar-refractivity contribution is 0.328. The maximum atomic E-state index is 13.8. The van der Waals surface area contributed by atoms with E-state index in [0.717, 1.165) is 19.3 Å². The summed E-state index contributed by atoms with van der Waals surface area (Å²) in [5, 5.41) is 0. The Labute approximate surface area is 119 Å². The second-order valence-corrected chi connectivity index (χ2v) is 7.06. The van der Waals surface area contributed by atoms with Crippen molar-refractivity contribution in [3.63, 3.8) is 0 Å². The van der Waals surface area contributed by atoms with Crippen LogP contribution in [-0.2, 0) is 16.6 Å². The highest BCUT2D eigenvalue weighted by molar-refractivity contribution is 7.89. The molecule has 0 bridgehead atoms. The summed E-state index contributed by atoms with van der Waals surface area (Å²) in [6.45, 7) is 3.75. The van der Waals surface area contributed by atoms with Crippen molar-refractivity contribution in [1.29, 1.82) is 0 Å². The summed E-state index contributed by atoms with van der Waals surface area (Å²) < 4.78 is 41.0. The van der Waals surface area contributed by atoms with Crippen LogP contribution < -0.4 is 5.73 Å². The fraction of sp³-hybridized carbons (Fsp3) is 0.571. The maximum Gasteiger partial charge on any atom is 0.243 e. The predicted octanol–water partition coefficient (Wildman–Crippen LogP) is 2.24. The number of rotatable bonds is 4. The molecule has 1 aromatic rings. The number of nitrogens with two attached hydrogens (primary N) is 1. The van der Waals surface area contributed by atoms with E-state index in [1.165, 1.54) is 22.5 Å². The van der Waals surface area contributed by atoms with Gasteiger partial charge in [0.15, 0.2) is 0 Å². The fourth-order valence-electron chi connectivity index (χ4n) is 2.96. The quantitative estimate of drug-likeness (QED) is 0.927. The van der Waals surface area contributed by atoms with Gasteiger partial charge in [-0.15, -0.1) is 0 Å². The molecule has 1 heterocycles. The molecule has 4 nitrogen and oxygen atoms in total. The van der Waals surface area contributed by atoms with Crippen LogP contribution in [0.1, 0.15) is 38.7 Å². The zero-order chi connectivity index (χ0) is 14.9. The topological polar surface area (TPSA) is 63.4 Å². The minimum Gasteiger partial charge on any atom is -0.326 e. The molecule has 6 heteroatoms. The Morgan fingerprint density at radius 1 is 1.40 bits per heavy atom. The molecule has 1 aliphatic heterocycles. The Morgan fingerprint density at radius 2 is 2.10 bits per heavy atom. The van der Waals surface area contributed by atoms with Crippen molar-refractivity contribution in [1.82, 2.24) is 4.31 Å². The van der Waals surface area contributed by atoms with Crippen LogP contribution in [0.5, 0.6) is 0 Å². The molecule has 2 N–H and O–H groups in total. The predicted molar refractivity (Wildman–Crippen MR) is 76.1 cm³/mol. The van der Waals surface area contributed by atoms with Crippen LogP contribution in [0.3, 0.4) is 0 Å². The zero-order valence-corrected chi connectivity index (χ0v) is 12.7. The van der Waals surface area contributed by atoms with Gasteiger partial charge < -0.3 is 5.73 Å². The monoisotopic (exact) mass is 300 g/mol. The van der Waals surface area contributed by atoms with Gasteiger partial charge in [-0.2, -0.15) is 4.31 Å². The zero-order valence-electron chi connectivity index (χ0n) is 11.8. The largest absolute Gasteiger partial charge is 0.326 e. The second-order valence-electron chi connectivity index (χ2n) is 5.24. The van der Waals surface area contributed by atoms with E-state index in [0.29, 0.717) is 0 Å². The first-order valence-corrected chi connectivity index (χ1v) is 8.38. The van der Waals surface area contributed by atoms with Crippen LogP contribution in [-0.4, -0.2) is 24.8 Å². The number of hydrogen-bond acceptors (Lipinski definition) is 3. The maximum absolute atomic E-state index is 13.8. The van der Waals surface area contributed by atoms with Crippen molar-refractivity contribution < 1.29 is 12.8 Å². The molecule has 0 aliphatic carbocycles. The SMILES string of the molecule is CCC1CCC(C)N1S(=O)(=O)c1cccc(F)c1CN. The number of nitrogens with zero attached hydrogens (tertiary/aromatic N) is 1. The van der Waals surface area contributed by atoms with Crippen molar-refractivity contribution in [3.05, 3.63) is 29.6 Å². The molecule has 1 fully saturated rings. The van der Waals surface area contributed by atoms with Gasteiger partial charge in [0.1, 0.15) is 5.82 Å². The third-order valence-electron chi connectivity index (χ3n) is 4.02. The van der Waals surface area contributed by atoms with Gasteiger partial charge in [0.05, 0.1) is 4.90 Å². The highest BCUT2D eigenvalue weighted by atomic mass is 32.2. The lowest BCUT2D eigenvalue weighted by Gasteiger charge is -2.28. The Morgan fingerprint density at radius 3 is 2.70 bits per heavy atom. The average molecular weight is 300 g/mol. The first-order valence-electron chi connectivity index (χ1n) is 6.94. The van der Waals surface area contributed by atoms with Crippen LogP contribution in [0.15, 0.2) is 23.1 Å². The Balaban J connectivity index is 2.53. The molecule has 0 saturated carbocycles. The van der Waals surface area contributed by atoms with Gasteiger partial charge in [0.2, 0.25) is 10.0 Å². The van der Waals surface area contributed by atoms with E-state index in [2.05, 4.69) is 0 Å². The van der Waals surface area contributed by atoms with Crippen LogP contribution in [0.4, 0.5) is 4.39 Å². The summed E-state index contributed by atoms with van der Waals surface area (Å²) in [6, 6.07) is 4.04. The summed E-state index contributed by atoms with van der Waals surface area (Å²) in [7, 11) is -3.70. The van der Waals surface area contributed by atoms with E-state index in [1.807, 2.05) is 13.8 Å². The highest BCUT2D eigenvalue weighted by Gasteiger charge is 2.40. The first-order chi connectivity index (χ1) is 9.43. The number of hydrogen-bond donors (Lipinski definition) is 1. The second kappa shape index (κ2) is 5.79. The van der Waals surface area contributed by atoms with Crippen molar-refractivity contribution in [2.75, 3.05) is 0 Å². The molecule has 1 aromatic carbocycles. The van der Waals surface area contributed by atoms with Crippen molar-refractivity contribution >= 4 is 10.0 Å². The highest BCUT2D eigenvalue weighted by Crippen LogP contribution is 2.33. The molecular formula is C14H21FN2O2S. The van der Waals surface area contributed by atoms with Crippen LogP contribution in [0.25, 0.3) is 0 Å². The summed E-state index contributed by atoms with van der Waals surface area (Å²) in [6.07, 6.45) is 2.45. The lowest BCUT2D eigenvalue weighted by Crippen LogP contribution is -2.40.